The molecule has 0 saturated heterocycles. The van der Waals surface area contributed by atoms with Gasteiger partial charge in [0.25, 0.3) is 11.5 Å². The number of methoxy groups -OCH3 is 3. The van der Waals surface area contributed by atoms with E-state index in [1.54, 1.807) is 73.8 Å². The minimum atomic E-state index is -1.67. The van der Waals surface area contributed by atoms with Crippen molar-refractivity contribution in [1.29, 1.82) is 0 Å². The molecule has 0 saturated carbocycles. The molecule has 172 valence electrons. The van der Waals surface area contributed by atoms with Gasteiger partial charge in [-0.15, -0.1) is 0 Å². The topological polar surface area (TPSA) is 95.5 Å². The van der Waals surface area contributed by atoms with Crippen LogP contribution in [-0.2, 0) is 15.2 Å². The molecule has 0 bridgehead atoms. The number of para-hydroxylation sites is 1. The van der Waals surface area contributed by atoms with Gasteiger partial charge in [0, 0.05) is 22.4 Å². The zero-order valence-corrected chi connectivity index (χ0v) is 18.8. The van der Waals surface area contributed by atoms with Gasteiger partial charge in [-0.2, -0.15) is 0 Å². The summed E-state index contributed by atoms with van der Waals surface area (Å²) in [4.78, 5) is 33.5. The molecule has 2 aliphatic heterocycles. The van der Waals surface area contributed by atoms with E-state index in [9.17, 15) is 9.59 Å². The van der Waals surface area contributed by atoms with Crippen LogP contribution in [0.1, 0.15) is 21.5 Å². The fraction of sp³-hybridized carbons (Fsp3) is 0.192. The number of ketones is 1. The average molecular weight is 458 g/mol. The van der Waals surface area contributed by atoms with Crippen LogP contribution in [-0.4, -0.2) is 38.7 Å². The maximum Gasteiger partial charge on any atom is 0.277 e. The van der Waals surface area contributed by atoms with E-state index in [0.717, 1.165) is 0 Å². The van der Waals surface area contributed by atoms with Crippen molar-refractivity contribution in [3.8, 4) is 17.2 Å². The highest BCUT2D eigenvalue weighted by atomic mass is 16.7. The number of nitrogens with one attached hydrogen (secondary N) is 1. The molecule has 1 amide bonds. The molecule has 34 heavy (non-hydrogen) atoms. The smallest absolute Gasteiger partial charge is 0.277 e. The van der Waals surface area contributed by atoms with Gasteiger partial charge in [-0.25, -0.2) is 0 Å². The van der Waals surface area contributed by atoms with Crippen molar-refractivity contribution in [3.05, 3.63) is 83.4 Å². The minimum absolute atomic E-state index is 0.274. The number of oxime groups is 1. The fourth-order valence-electron chi connectivity index (χ4n) is 4.52. The molecular weight excluding hydrogens is 436 g/mol. The minimum Gasteiger partial charge on any atom is -0.497 e. The largest absolute Gasteiger partial charge is 0.497 e. The number of nitrogens with zero attached hydrogens (tertiary/aromatic N) is 1. The van der Waals surface area contributed by atoms with Gasteiger partial charge in [-0.3, -0.25) is 9.59 Å². The summed E-state index contributed by atoms with van der Waals surface area (Å²) in [5.41, 5.74) is 0.584. The molecule has 1 spiro atoms. The Balaban J connectivity index is 1.72. The highest BCUT2D eigenvalue weighted by Gasteiger charge is 2.63. The Kier molecular flexibility index (Phi) is 5.20. The first-order chi connectivity index (χ1) is 16.5. The van der Waals surface area contributed by atoms with Crippen molar-refractivity contribution in [1.82, 2.24) is 0 Å². The number of benzene rings is 3. The molecule has 3 aromatic rings. The molecule has 8 nitrogen and oxygen atoms in total. The van der Waals surface area contributed by atoms with Crippen molar-refractivity contribution in [2.75, 3.05) is 26.6 Å². The maximum absolute atomic E-state index is 14.1. The van der Waals surface area contributed by atoms with E-state index in [2.05, 4.69) is 10.5 Å². The first kappa shape index (κ1) is 21.5. The first-order valence-electron chi connectivity index (χ1n) is 10.6. The molecular formula is C26H22N2O6. The highest BCUT2D eigenvalue weighted by molar-refractivity contribution is 6.25. The Morgan fingerprint density at radius 1 is 0.941 bits per heavy atom. The number of fused-ring (bicyclic) bond motifs is 2. The zero-order valence-electron chi connectivity index (χ0n) is 18.8. The van der Waals surface area contributed by atoms with Crippen molar-refractivity contribution in [2.45, 2.75) is 5.60 Å². The van der Waals surface area contributed by atoms with Crippen LogP contribution in [0.4, 0.5) is 5.69 Å². The molecule has 5 rings (SSSR count). The number of hydrogen-bond donors (Lipinski definition) is 1. The third kappa shape index (κ3) is 3.10. The molecule has 0 aliphatic carbocycles. The molecule has 2 atom stereocenters. The Bertz CT molecular complexity index is 1330. The van der Waals surface area contributed by atoms with Crippen LogP contribution in [0.25, 0.3) is 0 Å². The van der Waals surface area contributed by atoms with E-state index in [0.29, 0.717) is 39.6 Å². The number of carbonyl (C=O) groups excluding carboxylic acids is 2. The summed E-state index contributed by atoms with van der Waals surface area (Å²) in [6, 6.07) is 19.1. The monoisotopic (exact) mass is 458 g/mol. The van der Waals surface area contributed by atoms with Gasteiger partial charge >= 0.3 is 0 Å². The second kappa shape index (κ2) is 8.22. The molecule has 2 unspecified atom stereocenters. The summed E-state index contributed by atoms with van der Waals surface area (Å²) in [5.74, 6) is -0.363. The van der Waals surface area contributed by atoms with Gasteiger partial charge in [-0.1, -0.05) is 35.5 Å². The van der Waals surface area contributed by atoms with Crippen LogP contribution < -0.4 is 19.5 Å². The summed E-state index contributed by atoms with van der Waals surface area (Å²) < 4.78 is 16.2. The zero-order chi connectivity index (χ0) is 23.9. The SMILES string of the molecule is COc1cccc(C(=O)C2C(c3cc(OC)ccc3OC)=NOC23C(=O)Nc2ccccc23)c1. The Labute approximate surface area is 196 Å². The number of ether oxygens (including phenoxy) is 3. The maximum atomic E-state index is 14.1. The molecule has 2 aliphatic rings. The lowest BCUT2D eigenvalue weighted by molar-refractivity contribution is -0.140. The van der Waals surface area contributed by atoms with Gasteiger partial charge in [0.15, 0.2) is 5.78 Å². The predicted octanol–water partition coefficient (Wildman–Crippen LogP) is 3.79. The lowest BCUT2D eigenvalue weighted by Crippen LogP contribution is -2.46. The van der Waals surface area contributed by atoms with Gasteiger partial charge in [0.1, 0.15) is 28.9 Å². The average Bonchev–Trinajstić information content (AvgIpc) is 3.42. The van der Waals surface area contributed by atoms with Crippen LogP contribution in [0.15, 0.2) is 71.9 Å². The van der Waals surface area contributed by atoms with Crippen molar-refractivity contribution < 1.29 is 28.6 Å². The molecule has 2 heterocycles. The number of anilines is 1. The Hall–Kier alpha value is -4.33. The number of hydrogen-bond acceptors (Lipinski definition) is 7. The molecule has 0 fully saturated rings. The summed E-state index contributed by atoms with van der Waals surface area (Å²) in [6.45, 7) is 0. The molecule has 0 radical (unpaired) electrons. The Morgan fingerprint density at radius 3 is 2.47 bits per heavy atom. The van der Waals surface area contributed by atoms with Crippen molar-refractivity contribution in [3.63, 3.8) is 0 Å². The summed E-state index contributed by atoms with van der Waals surface area (Å²) in [5, 5.41) is 7.16. The van der Waals surface area contributed by atoms with Crippen LogP contribution in [0, 0.1) is 5.92 Å². The standard InChI is InChI=1S/C26H22N2O6/c1-31-16-8-6-7-15(13-16)24(29)22-23(18-14-17(32-2)11-12-21(18)33-3)28-34-26(22)19-9-4-5-10-20(19)27-25(26)30/h4-14,22H,1-3H3,(H,27,30). The quantitative estimate of drug-likeness (QED) is 0.565. The van der Waals surface area contributed by atoms with Gasteiger partial charge < -0.3 is 24.4 Å². The number of Topliss-reactive ketones (excluding diaryl/α,β-unsaturated/α-hetero) is 1. The fourth-order valence-corrected chi connectivity index (χ4v) is 4.52. The van der Waals surface area contributed by atoms with Gasteiger partial charge in [0.2, 0.25) is 0 Å². The van der Waals surface area contributed by atoms with Crippen LogP contribution in [0.5, 0.6) is 17.2 Å². The third-order valence-electron chi connectivity index (χ3n) is 6.18. The number of amides is 1. The van der Waals surface area contributed by atoms with Gasteiger partial charge in [0.05, 0.1) is 21.3 Å². The second-order valence-corrected chi connectivity index (χ2v) is 7.90. The summed E-state index contributed by atoms with van der Waals surface area (Å²) in [7, 11) is 4.59. The molecule has 1 N–H and O–H groups in total. The predicted molar refractivity (Wildman–Crippen MR) is 125 cm³/mol. The van der Waals surface area contributed by atoms with Crippen LogP contribution in [0.2, 0.25) is 0 Å². The van der Waals surface area contributed by atoms with E-state index in [4.69, 9.17) is 19.0 Å². The molecule has 8 heteroatoms. The first-order valence-corrected chi connectivity index (χ1v) is 10.6. The van der Waals surface area contributed by atoms with Crippen molar-refractivity contribution in [2.24, 2.45) is 11.1 Å². The Morgan fingerprint density at radius 2 is 1.71 bits per heavy atom. The number of carbonyl (C=O) groups is 2. The van der Waals surface area contributed by atoms with E-state index in [-0.39, 0.29) is 11.5 Å². The second-order valence-electron chi connectivity index (χ2n) is 7.90. The third-order valence-corrected chi connectivity index (χ3v) is 6.18. The van der Waals surface area contributed by atoms with E-state index in [1.807, 2.05) is 0 Å². The molecule has 0 aromatic heterocycles. The lowest BCUT2D eigenvalue weighted by Gasteiger charge is -2.27. The summed E-state index contributed by atoms with van der Waals surface area (Å²) >= 11 is 0. The van der Waals surface area contributed by atoms with E-state index in [1.165, 1.54) is 14.2 Å². The highest BCUT2D eigenvalue weighted by Crippen LogP contribution is 2.50. The summed E-state index contributed by atoms with van der Waals surface area (Å²) in [6.07, 6.45) is 0. The van der Waals surface area contributed by atoms with Crippen LogP contribution >= 0.6 is 0 Å². The normalized spacial score (nSPS) is 20.3. The lowest BCUT2D eigenvalue weighted by atomic mass is 9.74. The molecule has 3 aromatic carbocycles. The van der Waals surface area contributed by atoms with Crippen LogP contribution in [0.3, 0.4) is 0 Å². The van der Waals surface area contributed by atoms with Gasteiger partial charge in [-0.05, 0) is 36.4 Å². The van der Waals surface area contributed by atoms with E-state index >= 15 is 0 Å². The number of rotatable bonds is 6. The van der Waals surface area contributed by atoms with E-state index < -0.39 is 17.4 Å². The van der Waals surface area contributed by atoms with Crippen molar-refractivity contribution >= 4 is 23.1 Å².